The predicted octanol–water partition coefficient (Wildman–Crippen LogP) is 0.430. The lowest BCUT2D eigenvalue weighted by molar-refractivity contribution is -0.153. The number of carbonyl (C=O) groups is 1. The highest BCUT2D eigenvalue weighted by molar-refractivity contribution is 7.54. The van der Waals surface area contributed by atoms with E-state index in [0.29, 0.717) is 12.6 Å². The number of hydrogen-bond acceptors (Lipinski definition) is 2. The topological polar surface area (TPSA) is 60.4 Å². The highest BCUT2D eigenvalue weighted by Gasteiger charge is 2.14. The van der Waals surface area contributed by atoms with Gasteiger partial charge in [0, 0.05) is 6.42 Å². The molecule has 0 fully saturated rings. The van der Waals surface area contributed by atoms with Crippen molar-refractivity contribution in [3.8, 4) is 0 Å². The minimum atomic E-state index is -1.61. The molecule has 1 unspecified atom stereocenters. The molecule has 0 spiro atoms. The Morgan fingerprint density at radius 1 is 1.60 bits per heavy atom. The maximum atomic E-state index is 10.9. The highest BCUT2D eigenvalue weighted by Crippen LogP contribution is 2.14. The van der Waals surface area contributed by atoms with E-state index in [4.69, 9.17) is 5.11 Å². The van der Waals surface area contributed by atoms with Crippen molar-refractivity contribution in [3.05, 3.63) is 0 Å². The molecule has 0 bridgehead atoms. The Morgan fingerprint density at radius 3 is 2.20 bits per heavy atom. The van der Waals surface area contributed by atoms with E-state index in [-0.39, 0.29) is 5.29 Å². The molecule has 1 N–H and O–H groups in total. The molecule has 0 radical (unpaired) electrons. The van der Waals surface area contributed by atoms with E-state index in [1.807, 2.05) is 0 Å². The van der Waals surface area contributed by atoms with Gasteiger partial charge < -0.3 is 10.00 Å². The molecule has 1 atom stereocenters. The molecule has 0 aliphatic rings. The van der Waals surface area contributed by atoms with Gasteiger partial charge in [0.2, 0.25) is 5.29 Å². The van der Waals surface area contributed by atoms with Crippen molar-refractivity contribution < 1.29 is 14.8 Å². The van der Waals surface area contributed by atoms with Gasteiger partial charge >= 0.3 is 5.97 Å². The van der Waals surface area contributed by atoms with Crippen molar-refractivity contribution in [1.82, 2.24) is 0 Å². The summed E-state index contributed by atoms with van der Waals surface area (Å²) in [4.78, 5) is 21.2. The Morgan fingerprint density at radius 2 is 2.10 bits per heavy atom. The Bertz CT molecular complexity index is 162. The molecule has 3 nitrogen and oxygen atoms in total. The average Bonchev–Trinajstić information content (AvgIpc) is 1.88. The third-order valence-corrected chi connectivity index (χ3v) is 2.85. The van der Waals surface area contributed by atoms with Crippen molar-refractivity contribution in [1.29, 1.82) is 0 Å². The third kappa shape index (κ3) is 2.46. The van der Waals surface area contributed by atoms with Crippen LogP contribution in [0.5, 0.6) is 0 Å². The van der Waals surface area contributed by atoms with Crippen molar-refractivity contribution in [2.75, 3.05) is 6.16 Å². The summed E-state index contributed by atoms with van der Waals surface area (Å²) in [5.74, 6) is -1.02. The summed E-state index contributed by atoms with van der Waals surface area (Å²) in [5, 5.41) is 8.60. The average molecular weight is 162 g/mol. The van der Waals surface area contributed by atoms with Crippen molar-refractivity contribution in [2.24, 2.45) is 0 Å². The van der Waals surface area contributed by atoms with Crippen LogP contribution in [0, 0.1) is 0 Å². The first-order chi connectivity index (χ1) is 4.63. The van der Waals surface area contributed by atoms with Crippen LogP contribution in [0.2, 0.25) is 0 Å². The van der Waals surface area contributed by atoms with Gasteiger partial charge in [0.05, 0.1) is 7.77 Å². The Labute approximate surface area is 61.2 Å². The molecule has 0 heterocycles. The second-order valence-electron chi connectivity index (χ2n) is 1.80. The Balaban J connectivity index is 4.45. The summed E-state index contributed by atoms with van der Waals surface area (Å²) >= 11 is 0. The number of carboxylic acid groups (broad SMARTS) is 1. The summed E-state index contributed by atoms with van der Waals surface area (Å²) in [7, 11) is -1.61. The molecule has 0 saturated heterocycles. The molecule has 4 heteroatoms. The summed E-state index contributed by atoms with van der Waals surface area (Å²) in [5.41, 5.74) is 0. The summed E-state index contributed by atoms with van der Waals surface area (Å²) in [6.45, 7) is 3.42. The van der Waals surface area contributed by atoms with Gasteiger partial charge in [0.15, 0.2) is 0 Å². The molecule has 0 saturated carbocycles. The van der Waals surface area contributed by atoms with E-state index >= 15 is 0 Å². The van der Waals surface area contributed by atoms with Crippen LogP contribution in [-0.2, 0) is 4.79 Å². The molecule has 10 heavy (non-hydrogen) atoms. The van der Waals surface area contributed by atoms with E-state index < -0.39 is 13.7 Å². The largest absolute Gasteiger partial charge is 0.630 e. The number of hydrogen-bond donors (Lipinski definition) is 1. The SMILES string of the molecule is CCC(C(=O)O)=[P+]([O-])CC. The Hall–Kier alpha value is -0.400. The van der Waals surface area contributed by atoms with Gasteiger partial charge in [0.25, 0.3) is 0 Å². The van der Waals surface area contributed by atoms with Crippen LogP contribution in [0.3, 0.4) is 0 Å². The second kappa shape index (κ2) is 4.42. The lowest BCUT2D eigenvalue weighted by Gasteiger charge is -1.97. The zero-order valence-corrected chi connectivity index (χ0v) is 7.02. The normalized spacial score (nSPS) is 12.7. The molecular weight excluding hydrogens is 151 g/mol. The summed E-state index contributed by atoms with van der Waals surface area (Å²) in [6.07, 6.45) is 0.795. The number of rotatable bonds is 3. The predicted molar refractivity (Wildman–Crippen MR) is 40.4 cm³/mol. The highest BCUT2D eigenvalue weighted by atomic mass is 31.1. The maximum Gasteiger partial charge on any atom is 0.373 e. The molecule has 0 aliphatic heterocycles. The van der Waals surface area contributed by atoms with Crippen molar-refractivity contribution in [3.63, 3.8) is 0 Å². The van der Waals surface area contributed by atoms with Crippen LogP contribution in [0.25, 0.3) is 0 Å². The molecule has 0 rings (SSSR count). The van der Waals surface area contributed by atoms with E-state index in [1.54, 1.807) is 13.8 Å². The van der Waals surface area contributed by atoms with Crippen molar-refractivity contribution in [2.45, 2.75) is 20.3 Å². The van der Waals surface area contributed by atoms with Crippen LogP contribution < -0.4 is 4.89 Å². The number of aliphatic carboxylic acids is 1. The molecular formula is C6H11O3P. The molecule has 0 amide bonds. The minimum Gasteiger partial charge on any atom is -0.630 e. The quantitative estimate of drug-likeness (QED) is 0.612. The van der Waals surface area contributed by atoms with E-state index in [0.717, 1.165) is 0 Å². The lowest BCUT2D eigenvalue weighted by Crippen LogP contribution is -2.14. The zero-order chi connectivity index (χ0) is 8.15. The van der Waals surface area contributed by atoms with Crippen LogP contribution >= 0.6 is 7.77 Å². The molecule has 0 aromatic rings. The van der Waals surface area contributed by atoms with E-state index in [9.17, 15) is 9.69 Å². The van der Waals surface area contributed by atoms with Gasteiger partial charge in [-0.3, -0.25) is 0 Å². The maximum absolute atomic E-state index is 10.9. The minimum absolute atomic E-state index is 0.150. The fourth-order valence-electron chi connectivity index (χ4n) is 0.625. The van der Waals surface area contributed by atoms with Gasteiger partial charge in [-0.15, -0.1) is 0 Å². The number of carboxylic acids is 1. The first-order valence-electron chi connectivity index (χ1n) is 3.17. The summed E-state index contributed by atoms with van der Waals surface area (Å²) in [6, 6.07) is 0. The molecule has 0 aromatic carbocycles. The van der Waals surface area contributed by atoms with Gasteiger partial charge in [0.1, 0.15) is 6.16 Å². The lowest BCUT2D eigenvalue weighted by atomic mass is 10.3. The monoisotopic (exact) mass is 162 g/mol. The van der Waals surface area contributed by atoms with Crippen LogP contribution in [0.1, 0.15) is 20.3 Å². The smallest absolute Gasteiger partial charge is 0.373 e. The molecule has 58 valence electrons. The van der Waals surface area contributed by atoms with Crippen LogP contribution in [-0.4, -0.2) is 22.5 Å². The summed E-state index contributed by atoms with van der Waals surface area (Å²) < 4.78 is 0. The molecule has 0 aromatic heterocycles. The van der Waals surface area contributed by atoms with Crippen LogP contribution in [0.4, 0.5) is 0 Å². The first-order valence-corrected chi connectivity index (χ1v) is 4.61. The third-order valence-electron chi connectivity index (χ3n) is 1.17. The first kappa shape index (κ1) is 9.60. The Kier molecular flexibility index (Phi) is 4.24. The fourth-order valence-corrected chi connectivity index (χ4v) is 1.57. The van der Waals surface area contributed by atoms with Crippen molar-refractivity contribution >= 4 is 19.0 Å². The second-order valence-corrected chi connectivity index (χ2v) is 3.73. The standard InChI is InChI=1S/C6H11O3P/c1-3-5(6(7)8)10(9)4-2/h3-4H2,1-2H3,(H,7,8). The zero-order valence-electron chi connectivity index (χ0n) is 6.13. The van der Waals surface area contributed by atoms with Gasteiger partial charge in [-0.25, -0.2) is 4.79 Å². The van der Waals surface area contributed by atoms with Gasteiger partial charge in [-0.05, 0) is 6.92 Å². The fraction of sp³-hybridized carbons (Fsp3) is 0.667. The molecule has 0 aliphatic carbocycles. The van der Waals surface area contributed by atoms with Gasteiger partial charge in [-0.2, -0.15) is 0 Å². The van der Waals surface area contributed by atoms with Gasteiger partial charge in [-0.1, -0.05) is 6.92 Å². The van der Waals surface area contributed by atoms with E-state index in [2.05, 4.69) is 0 Å². The van der Waals surface area contributed by atoms with Crippen LogP contribution in [0.15, 0.2) is 0 Å². The van der Waals surface area contributed by atoms with E-state index in [1.165, 1.54) is 0 Å².